The second kappa shape index (κ2) is 9.15. The molecule has 2 aromatic heterocycles. The fourth-order valence-corrected chi connectivity index (χ4v) is 5.60. The van der Waals surface area contributed by atoms with E-state index in [2.05, 4.69) is 4.90 Å². The Bertz CT molecular complexity index is 1180. The van der Waals surface area contributed by atoms with Crippen LogP contribution in [0.25, 0.3) is 11.7 Å². The summed E-state index contributed by atoms with van der Waals surface area (Å²) in [6, 6.07) is 5.42. The highest BCUT2D eigenvalue weighted by atomic mass is 32.2. The molecule has 174 valence electrons. The van der Waals surface area contributed by atoms with Crippen LogP contribution in [0.4, 0.5) is 5.82 Å². The second-order valence-corrected chi connectivity index (χ2v) is 9.68. The van der Waals surface area contributed by atoms with Crippen LogP contribution in [0, 0.1) is 0 Å². The highest BCUT2D eigenvalue weighted by molar-refractivity contribution is 8.26. The van der Waals surface area contributed by atoms with E-state index in [0.717, 1.165) is 0 Å². The Morgan fingerprint density at radius 1 is 1.24 bits per heavy atom. The summed E-state index contributed by atoms with van der Waals surface area (Å²) in [6.45, 7) is 3.22. The minimum absolute atomic E-state index is 0.226. The van der Waals surface area contributed by atoms with E-state index in [4.69, 9.17) is 31.4 Å². The minimum Gasteiger partial charge on any atom is -0.383 e. The molecule has 0 unspecified atom stereocenters. The van der Waals surface area contributed by atoms with Gasteiger partial charge in [-0.25, -0.2) is 4.98 Å². The summed E-state index contributed by atoms with van der Waals surface area (Å²) >= 11 is 6.58. The van der Waals surface area contributed by atoms with E-state index in [-0.39, 0.29) is 11.5 Å². The normalized spacial score (nSPS) is 21.8. The third kappa shape index (κ3) is 4.19. The number of pyridine rings is 1. The third-order valence-electron chi connectivity index (χ3n) is 6.06. The molecule has 0 aromatic carbocycles. The molecule has 2 aromatic rings. The first-order valence-corrected chi connectivity index (χ1v) is 12.0. The summed E-state index contributed by atoms with van der Waals surface area (Å²) in [7, 11) is 1.58. The number of anilines is 1. The summed E-state index contributed by atoms with van der Waals surface area (Å²) < 4.78 is 18.7. The Balaban J connectivity index is 1.53. The maximum Gasteiger partial charge on any atom is 0.267 e. The van der Waals surface area contributed by atoms with E-state index in [9.17, 15) is 9.59 Å². The Morgan fingerprint density at radius 2 is 2.00 bits per heavy atom. The summed E-state index contributed by atoms with van der Waals surface area (Å²) in [5.41, 5.74) is 0.692. The predicted molar refractivity (Wildman–Crippen MR) is 129 cm³/mol. The number of hydrogen-bond donors (Lipinski definition) is 0. The lowest BCUT2D eigenvalue weighted by Gasteiger charge is -2.38. The Kier molecular flexibility index (Phi) is 6.23. The van der Waals surface area contributed by atoms with Gasteiger partial charge in [-0.2, -0.15) is 0 Å². The van der Waals surface area contributed by atoms with E-state index < -0.39 is 5.79 Å². The standard InChI is InChI=1S/C22H24N4O5S2/c1-29-11-10-26-20(28)16(33-21(26)32)14-15-18(23-17-4-2-3-7-25(17)19(15)27)24-8-5-22(6-9-24)30-12-13-31-22/h2-4,7,14H,5-6,8-13H2,1H3/b16-14+. The second-order valence-electron chi connectivity index (χ2n) is 8.00. The largest absolute Gasteiger partial charge is 0.383 e. The average molecular weight is 489 g/mol. The topological polar surface area (TPSA) is 85.6 Å². The van der Waals surface area contributed by atoms with Crippen LogP contribution in [0.3, 0.4) is 0 Å². The number of carbonyl (C=O) groups is 1. The molecule has 5 rings (SSSR count). The predicted octanol–water partition coefficient (Wildman–Crippen LogP) is 1.89. The molecular weight excluding hydrogens is 464 g/mol. The van der Waals surface area contributed by atoms with Crippen LogP contribution in [0.15, 0.2) is 34.1 Å². The molecule has 1 spiro atoms. The number of hydrogen-bond acceptors (Lipinski definition) is 9. The summed E-state index contributed by atoms with van der Waals surface area (Å²) in [5, 5.41) is 0. The van der Waals surface area contributed by atoms with Crippen molar-refractivity contribution in [1.29, 1.82) is 0 Å². The van der Waals surface area contributed by atoms with Gasteiger partial charge in [0.25, 0.3) is 11.5 Å². The SMILES string of the molecule is COCCN1C(=O)/C(=C\c2c(N3CCC4(CC3)OCCO4)nc3ccccn3c2=O)SC1=S. The van der Waals surface area contributed by atoms with Crippen LogP contribution >= 0.6 is 24.0 Å². The first-order chi connectivity index (χ1) is 16.0. The highest BCUT2D eigenvalue weighted by Crippen LogP contribution is 2.36. The molecule has 5 heterocycles. The van der Waals surface area contributed by atoms with Crippen molar-refractivity contribution in [2.45, 2.75) is 18.6 Å². The monoisotopic (exact) mass is 488 g/mol. The zero-order valence-electron chi connectivity index (χ0n) is 18.2. The number of ether oxygens (including phenoxy) is 3. The van der Waals surface area contributed by atoms with Gasteiger partial charge in [0.1, 0.15) is 15.8 Å². The van der Waals surface area contributed by atoms with Gasteiger partial charge in [-0.15, -0.1) is 0 Å². The number of amides is 1. The van der Waals surface area contributed by atoms with Gasteiger partial charge in [0.2, 0.25) is 0 Å². The van der Waals surface area contributed by atoms with Gasteiger partial charge in [0.05, 0.1) is 36.8 Å². The van der Waals surface area contributed by atoms with Gasteiger partial charge in [-0.05, 0) is 18.2 Å². The van der Waals surface area contributed by atoms with Gasteiger partial charge < -0.3 is 19.1 Å². The number of carbonyl (C=O) groups excluding carboxylic acids is 1. The molecule has 1 amide bonds. The number of thioether (sulfide) groups is 1. The van der Waals surface area contributed by atoms with E-state index in [0.29, 0.717) is 78.6 Å². The van der Waals surface area contributed by atoms with Crippen molar-refractivity contribution >= 4 is 51.7 Å². The maximum absolute atomic E-state index is 13.5. The lowest BCUT2D eigenvalue weighted by Crippen LogP contribution is -2.46. The summed E-state index contributed by atoms with van der Waals surface area (Å²) in [5.74, 6) is -0.205. The van der Waals surface area contributed by atoms with Crippen molar-refractivity contribution < 1.29 is 19.0 Å². The Hall–Kier alpha value is -2.31. The van der Waals surface area contributed by atoms with Crippen molar-refractivity contribution in [3.05, 3.63) is 45.2 Å². The highest BCUT2D eigenvalue weighted by Gasteiger charge is 2.41. The number of fused-ring (bicyclic) bond motifs is 1. The van der Waals surface area contributed by atoms with Crippen molar-refractivity contribution in [1.82, 2.24) is 14.3 Å². The van der Waals surface area contributed by atoms with E-state index >= 15 is 0 Å². The molecular formula is C22H24N4O5S2. The smallest absolute Gasteiger partial charge is 0.267 e. The number of nitrogens with zero attached hydrogens (tertiary/aromatic N) is 4. The van der Waals surface area contributed by atoms with Gasteiger partial charge in [0, 0.05) is 39.2 Å². The van der Waals surface area contributed by atoms with Crippen LogP contribution in [-0.4, -0.2) is 76.9 Å². The average Bonchev–Trinajstić information content (AvgIpc) is 3.39. The molecule has 33 heavy (non-hydrogen) atoms. The molecule has 3 aliphatic rings. The van der Waals surface area contributed by atoms with Crippen molar-refractivity contribution in [3.8, 4) is 0 Å². The molecule has 3 aliphatic heterocycles. The maximum atomic E-state index is 13.5. The van der Waals surface area contributed by atoms with Crippen molar-refractivity contribution in [3.63, 3.8) is 0 Å². The lowest BCUT2D eigenvalue weighted by molar-refractivity contribution is -0.169. The van der Waals surface area contributed by atoms with E-state index in [1.54, 1.807) is 31.5 Å². The van der Waals surface area contributed by atoms with Crippen LogP contribution < -0.4 is 10.5 Å². The van der Waals surface area contributed by atoms with Crippen LogP contribution in [0.5, 0.6) is 0 Å². The van der Waals surface area contributed by atoms with Crippen LogP contribution in [0.2, 0.25) is 0 Å². The molecule has 0 radical (unpaired) electrons. The van der Waals surface area contributed by atoms with Crippen molar-refractivity contribution in [2.24, 2.45) is 0 Å². The molecule has 0 N–H and O–H groups in total. The quantitative estimate of drug-likeness (QED) is 0.463. The first kappa shape index (κ1) is 22.5. The third-order valence-corrected chi connectivity index (χ3v) is 7.43. The molecule has 11 heteroatoms. The van der Waals surface area contributed by atoms with Gasteiger partial charge in [0.15, 0.2) is 5.79 Å². The molecule has 0 saturated carbocycles. The molecule has 3 fully saturated rings. The number of thiocarbonyl (C=S) groups is 1. The van der Waals surface area contributed by atoms with Crippen LogP contribution in [-0.2, 0) is 19.0 Å². The molecule has 0 aliphatic carbocycles. The first-order valence-electron chi connectivity index (χ1n) is 10.8. The van der Waals surface area contributed by atoms with E-state index in [1.807, 2.05) is 6.07 Å². The molecule has 0 atom stereocenters. The summed E-state index contributed by atoms with van der Waals surface area (Å²) in [4.78, 5) is 35.2. The number of rotatable bonds is 5. The lowest BCUT2D eigenvalue weighted by atomic mass is 10.0. The number of piperidine rings is 1. The Labute approximate surface area is 200 Å². The van der Waals surface area contributed by atoms with Gasteiger partial charge in [-0.3, -0.25) is 18.9 Å². The van der Waals surface area contributed by atoms with Crippen molar-refractivity contribution in [2.75, 3.05) is 51.5 Å². The molecule has 3 saturated heterocycles. The molecule has 9 nitrogen and oxygen atoms in total. The number of aromatic nitrogens is 2. The van der Waals surface area contributed by atoms with Crippen LogP contribution in [0.1, 0.15) is 18.4 Å². The Morgan fingerprint density at radius 3 is 2.73 bits per heavy atom. The molecule has 0 bridgehead atoms. The fourth-order valence-electron chi connectivity index (χ4n) is 4.31. The fraction of sp³-hybridized carbons (Fsp3) is 0.455. The van der Waals surface area contributed by atoms with Gasteiger partial charge in [-0.1, -0.05) is 30.0 Å². The zero-order chi connectivity index (χ0) is 23.0. The minimum atomic E-state index is -0.535. The zero-order valence-corrected chi connectivity index (χ0v) is 19.8. The van der Waals surface area contributed by atoms with E-state index in [1.165, 1.54) is 21.1 Å². The summed E-state index contributed by atoms with van der Waals surface area (Å²) in [6.07, 6.45) is 4.67. The number of methoxy groups -OCH3 is 1. The van der Waals surface area contributed by atoms with Gasteiger partial charge >= 0.3 is 0 Å².